The molecule has 0 aliphatic carbocycles. The summed E-state index contributed by atoms with van der Waals surface area (Å²) in [6.45, 7) is 14.0. The minimum atomic E-state index is -4.41. The van der Waals surface area contributed by atoms with Crippen molar-refractivity contribution in [2.75, 3.05) is 60.5 Å². The zero-order valence-corrected chi connectivity index (χ0v) is 41.7. The van der Waals surface area contributed by atoms with Crippen LogP contribution in [-0.4, -0.2) is 127 Å². The maximum atomic E-state index is 11.1. The van der Waals surface area contributed by atoms with Crippen molar-refractivity contribution >= 4 is 10.4 Å². The highest BCUT2D eigenvalue weighted by atomic mass is 32.3. The lowest BCUT2D eigenvalue weighted by molar-refractivity contribution is -0.916. The van der Waals surface area contributed by atoms with E-state index in [9.17, 15) is 33.4 Å². The van der Waals surface area contributed by atoms with Gasteiger partial charge in [-0.05, 0) is 51.4 Å². The largest absolute Gasteiger partial charge is 0.726 e. The SMILES string of the molecule is CCCCCCCCC(O)C[N+](C)(CCCCCC[N+](C)(CC(O)CCCCCCCC)CC(O)CCCCCCCC)CC(O)CCCCCCCC.COS(=O)(=O)[O-]. The second-order valence-corrected chi connectivity index (χ2v) is 20.4. The van der Waals surface area contributed by atoms with Gasteiger partial charge in [0.05, 0.1) is 34.3 Å². The van der Waals surface area contributed by atoms with E-state index in [0.29, 0.717) is 0 Å². The van der Waals surface area contributed by atoms with Crippen LogP contribution in [-0.2, 0) is 14.6 Å². The van der Waals surface area contributed by atoms with Crippen molar-refractivity contribution in [3.05, 3.63) is 0 Å². The molecule has 0 saturated carbocycles. The van der Waals surface area contributed by atoms with Gasteiger partial charge < -0.3 is 33.9 Å². The van der Waals surface area contributed by atoms with Crippen LogP contribution >= 0.6 is 0 Å². The number of hydrogen-bond donors (Lipinski definition) is 4. The first-order chi connectivity index (χ1) is 28.6. The third-order valence-corrected chi connectivity index (χ3v) is 12.9. The van der Waals surface area contributed by atoms with Crippen LogP contribution in [0.1, 0.15) is 233 Å². The van der Waals surface area contributed by atoms with E-state index in [1.165, 1.54) is 128 Å². The number of aliphatic hydroxyl groups excluding tert-OH is 4. The van der Waals surface area contributed by atoms with Crippen molar-refractivity contribution in [3.8, 4) is 0 Å². The normalized spacial score (nSPS) is 16.1. The Kier molecular flexibility index (Phi) is 42.5. The first-order valence-corrected chi connectivity index (χ1v) is 26.8. The van der Waals surface area contributed by atoms with Gasteiger partial charge >= 0.3 is 0 Å². The summed E-state index contributed by atoms with van der Waals surface area (Å²) in [5.74, 6) is 0. The molecular formula is C49H105N2O8S+. The summed E-state index contributed by atoms with van der Waals surface area (Å²) in [6.07, 6.45) is 36.7. The molecule has 0 rings (SSSR count). The molecule has 0 bridgehead atoms. The molecule has 0 fully saturated rings. The monoisotopic (exact) mass is 882 g/mol. The van der Waals surface area contributed by atoms with Crippen LogP contribution in [0.5, 0.6) is 0 Å². The van der Waals surface area contributed by atoms with Gasteiger partial charge in [0.2, 0.25) is 10.4 Å². The number of unbranched alkanes of at least 4 members (excludes halogenated alkanes) is 23. The minimum absolute atomic E-state index is 0.300. The standard InChI is InChI=1S/C48H102N2O4.CH4O4S/c1-7-11-15-19-23-29-35-45(51)41-49(5,42-46(52)36-30-24-20-16-12-8-2)39-33-27-28-34-40-50(6,43-47(53)37-31-25-21-17-13-9-3)44-48(54)38-32-26-22-18-14-10-4;1-5-6(2,3)4/h45-48,51-54H,7-44H2,1-6H3;1H3,(H,2,3,4)/q+2;/p-1. The van der Waals surface area contributed by atoms with Crippen molar-refractivity contribution in [2.45, 2.75) is 258 Å². The Morgan fingerprint density at radius 3 is 0.783 bits per heavy atom. The molecule has 11 heteroatoms. The first-order valence-electron chi connectivity index (χ1n) is 25.5. The van der Waals surface area contributed by atoms with Gasteiger partial charge in [-0.2, -0.15) is 0 Å². The smallest absolute Gasteiger partial charge is 0.217 e. The summed E-state index contributed by atoms with van der Waals surface area (Å²) >= 11 is 0. The maximum absolute atomic E-state index is 11.1. The molecule has 60 heavy (non-hydrogen) atoms. The molecule has 0 radical (unpaired) electrons. The van der Waals surface area contributed by atoms with Crippen molar-refractivity contribution in [3.63, 3.8) is 0 Å². The van der Waals surface area contributed by atoms with Gasteiger partial charge in [-0.3, -0.25) is 4.18 Å². The summed E-state index contributed by atoms with van der Waals surface area (Å²) in [6, 6.07) is 0. The Hall–Kier alpha value is -0.370. The van der Waals surface area contributed by atoms with Crippen molar-refractivity contribution in [2.24, 2.45) is 0 Å². The highest BCUT2D eigenvalue weighted by molar-refractivity contribution is 7.80. The molecule has 4 N–H and O–H groups in total. The number of hydrogen-bond acceptors (Lipinski definition) is 8. The predicted octanol–water partition coefficient (Wildman–Crippen LogP) is 11.0. The van der Waals surface area contributed by atoms with E-state index >= 15 is 0 Å². The molecule has 0 aromatic carbocycles. The molecule has 0 aromatic rings. The first kappa shape index (κ1) is 61.7. The van der Waals surface area contributed by atoms with Crippen LogP contribution in [0.2, 0.25) is 0 Å². The average molecular weight is 882 g/mol. The lowest BCUT2D eigenvalue weighted by atomic mass is 10.0. The summed E-state index contributed by atoms with van der Waals surface area (Å²) in [7, 11) is 0.950. The van der Waals surface area contributed by atoms with E-state index < -0.39 is 10.4 Å². The molecule has 0 heterocycles. The van der Waals surface area contributed by atoms with Gasteiger partial charge in [0, 0.05) is 0 Å². The highest BCUT2D eigenvalue weighted by Gasteiger charge is 2.30. The number of likely N-dealkylation sites (N-methyl/N-ethyl adjacent to an activating group) is 2. The Labute approximate surface area is 373 Å². The van der Waals surface area contributed by atoms with Crippen LogP contribution in [0.25, 0.3) is 0 Å². The highest BCUT2D eigenvalue weighted by Crippen LogP contribution is 2.20. The quantitative estimate of drug-likeness (QED) is 0.0205. The number of aliphatic hydroxyl groups is 4. The van der Waals surface area contributed by atoms with E-state index in [0.717, 1.165) is 132 Å². The number of rotatable bonds is 44. The Balaban J connectivity index is 0. The minimum Gasteiger partial charge on any atom is -0.726 e. The molecule has 0 spiro atoms. The van der Waals surface area contributed by atoms with Crippen LogP contribution < -0.4 is 0 Å². The Morgan fingerprint density at radius 1 is 0.400 bits per heavy atom. The maximum Gasteiger partial charge on any atom is 0.217 e. The van der Waals surface area contributed by atoms with Gasteiger partial charge in [-0.25, -0.2) is 8.42 Å². The van der Waals surface area contributed by atoms with E-state index in [1.807, 2.05) is 0 Å². The summed E-state index contributed by atoms with van der Waals surface area (Å²) in [4.78, 5) is 0. The van der Waals surface area contributed by atoms with Crippen molar-refractivity contribution in [1.82, 2.24) is 0 Å². The summed E-state index contributed by atoms with van der Waals surface area (Å²) in [5, 5.41) is 44.5. The molecule has 364 valence electrons. The van der Waals surface area contributed by atoms with Gasteiger partial charge in [0.1, 0.15) is 50.6 Å². The number of quaternary nitrogens is 2. The van der Waals surface area contributed by atoms with E-state index in [4.69, 9.17) is 0 Å². The molecule has 10 nitrogen and oxygen atoms in total. The molecule has 0 aliphatic heterocycles. The fraction of sp³-hybridized carbons (Fsp3) is 1.00. The zero-order valence-electron chi connectivity index (χ0n) is 40.9. The lowest BCUT2D eigenvalue weighted by Crippen LogP contribution is -2.53. The fourth-order valence-corrected chi connectivity index (χ4v) is 8.90. The molecular weight excluding hydrogens is 777 g/mol. The molecule has 0 aromatic heterocycles. The third-order valence-electron chi connectivity index (χ3n) is 12.5. The molecule has 0 saturated heterocycles. The second-order valence-electron chi connectivity index (χ2n) is 19.2. The zero-order chi connectivity index (χ0) is 45.4. The van der Waals surface area contributed by atoms with Crippen LogP contribution in [0.15, 0.2) is 0 Å². The molecule has 0 aliphatic rings. The van der Waals surface area contributed by atoms with Gasteiger partial charge in [0.15, 0.2) is 0 Å². The van der Waals surface area contributed by atoms with Gasteiger partial charge in [-0.15, -0.1) is 0 Å². The van der Waals surface area contributed by atoms with E-state index in [1.54, 1.807) is 0 Å². The van der Waals surface area contributed by atoms with Gasteiger partial charge in [-0.1, -0.05) is 182 Å². The molecule has 4 unspecified atom stereocenters. The molecule has 4 atom stereocenters. The molecule has 0 amide bonds. The third kappa shape index (κ3) is 42.9. The van der Waals surface area contributed by atoms with Crippen LogP contribution in [0.4, 0.5) is 0 Å². The van der Waals surface area contributed by atoms with E-state index in [-0.39, 0.29) is 24.4 Å². The average Bonchev–Trinajstić information content (AvgIpc) is 3.18. The topological polar surface area (TPSA) is 147 Å². The van der Waals surface area contributed by atoms with Crippen LogP contribution in [0, 0.1) is 0 Å². The summed E-state index contributed by atoms with van der Waals surface area (Å²) in [5.41, 5.74) is 0. The second kappa shape index (κ2) is 41.3. The Morgan fingerprint density at radius 2 is 0.583 bits per heavy atom. The van der Waals surface area contributed by atoms with Crippen molar-refractivity contribution in [1.29, 1.82) is 0 Å². The van der Waals surface area contributed by atoms with Crippen molar-refractivity contribution < 1.29 is 46.5 Å². The van der Waals surface area contributed by atoms with E-state index in [2.05, 4.69) is 46.0 Å². The fourth-order valence-electron chi connectivity index (χ4n) is 8.90. The summed E-state index contributed by atoms with van der Waals surface area (Å²) < 4.78 is 32.5. The number of nitrogens with zero attached hydrogens (tertiary/aromatic N) is 2. The predicted molar refractivity (Wildman–Crippen MR) is 253 cm³/mol. The lowest BCUT2D eigenvalue weighted by Gasteiger charge is -2.38. The van der Waals surface area contributed by atoms with Gasteiger partial charge in [0.25, 0.3) is 0 Å². The van der Waals surface area contributed by atoms with Crippen LogP contribution in [0.3, 0.4) is 0 Å². The Bertz CT molecular complexity index is 894.